The molecular formula is C12H14IN3. The van der Waals surface area contributed by atoms with Crippen LogP contribution in [0.4, 0.5) is 0 Å². The number of hydrogen-bond donors (Lipinski definition) is 2. The van der Waals surface area contributed by atoms with Crippen LogP contribution in [0.3, 0.4) is 0 Å². The molecule has 84 valence electrons. The highest BCUT2D eigenvalue weighted by Crippen LogP contribution is 2.06. The lowest BCUT2D eigenvalue weighted by Crippen LogP contribution is -2.12. The standard InChI is InChI=1S/C12H14IN3/c1-9-6-12(16-15-9)8-14-7-10-2-4-11(13)5-3-10/h2-6,14H,7-8H2,1H3,(H,15,16). The van der Waals surface area contributed by atoms with Gasteiger partial charge in [0.25, 0.3) is 0 Å². The predicted octanol–water partition coefficient (Wildman–Crippen LogP) is 2.61. The van der Waals surface area contributed by atoms with Crippen LogP contribution in [0.2, 0.25) is 0 Å². The van der Waals surface area contributed by atoms with Crippen molar-refractivity contribution in [2.75, 3.05) is 0 Å². The number of aromatic nitrogens is 2. The summed E-state index contributed by atoms with van der Waals surface area (Å²) in [5.41, 5.74) is 3.46. The molecule has 2 rings (SSSR count). The lowest BCUT2D eigenvalue weighted by atomic mass is 10.2. The molecule has 0 radical (unpaired) electrons. The Hall–Kier alpha value is -0.880. The van der Waals surface area contributed by atoms with E-state index < -0.39 is 0 Å². The van der Waals surface area contributed by atoms with E-state index in [-0.39, 0.29) is 0 Å². The fourth-order valence-corrected chi connectivity index (χ4v) is 1.86. The number of hydrogen-bond acceptors (Lipinski definition) is 2. The van der Waals surface area contributed by atoms with Gasteiger partial charge in [-0.1, -0.05) is 12.1 Å². The Morgan fingerprint density at radius 2 is 2.00 bits per heavy atom. The number of halogens is 1. The first kappa shape index (κ1) is 11.6. The molecule has 0 aliphatic carbocycles. The van der Waals surface area contributed by atoms with Crippen molar-refractivity contribution < 1.29 is 0 Å². The highest BCUT2D eigenvalue weighted by atomic mass is 127. The van der Waals surface area contributed by atoms with Crippen molar-refractivity contribution in [3.8, 4) is 0 Å². The van der Waals surface area contributed by atoms with Crippen LogP contribution in [0.5, 0.6) is 0 Å². The third-order valence-corrected chi connectivity index (χ3v) is 3.03. The molecule has 16 heavy (non-hydrogen) atoms. The molecule has 1 heterocycles. The zero-order chi connectivity index (χ0) is 11.4. The summed E-state index contributed by atoms with van der Waals surface area (Å²) in [6.45, 7) is 3.69. The van der Waals surface area contributed by atoms with Gasteiger partial charge in [0.05, 0.1) is 5.69 Å². The summed E-state index contributed by atoms with van der Waals surface area (Å²) in [7, 11) is 0. The molecule has 0 aliphatic rings. The molecule has 0 spiro atoms. The topological polar surface area (TPSA) is 40.7 Å². The largest absolute Gasteiger partial charge is 0.307 e. The van der Waals surface area contributed by atoms with Crippen LogP contribution < -0.4 is 5.32 Å². The van der Waals surface area contributed by atoms with Crippen molar-refractivity contribution in [2.24, 2.45) is 0 Å². The summed E-state index contributed by atoms with van der Waals surface area (Å²) in [4.78, 5) is 0. The number of aryl methyl sites for hydroxylation is 1. The quantitative estimate of drug-likeness (QED) is 0.848. The van der Waals surface area contributed by atoms with Crippen LogP contribution in [0.1, 0.15) is 17.0 Å². The van der Waals surface area contributed by atoms with Crippen molar-refractivity contribution in [3.05, 3.63) is 50.9 Å². The van der Waals surface area contributed by atoms with E-state index in [2.05, 4.69) is 68.4 Å². The van der Waals surface area contributed by atoms with Crippen LogP contribution in [0.15, 0.2) is 30.3 Å². The fraction of sp³-hybridized carbons (Fsp3) is 0.250. The number of rotatable bonds is 4. The van der Waals surface area contributed by atoms with Gasteiger partial charge in [-0.05, 0) is 53.3 Å². The molecule has 4 heteroatoms. The average molecular weight is 327 g/mol. The Morgan fingerprint density at radius 1 is 1.25 bits per heavy atom. The number of H-pyrrole nitrogens is 1. The molecule has 0 aliphatic heterocycles. The number of nitrogens with one attached hydrogen (secondary N) is 2. The summed E-state index contributed by atoms with van der Waals surface area (Å²) in [5.74, 6) is 0. The molecular weight excluding hydrogens is 313 g/mol. The van der Waals surface area contributed by atoms with Gasteiger partial charge in [-0.15, -0.1) is 0 Å². The van der Waals surface area contributed by atoms with Crippen molar-refractivity contribution in [1.82, 2.24) is 15.5 Å². The van der Waals surface area contributed by atoms with E-state index >= 15 is 0 Å². The molecule has 1 aromatic heterocycles. The minimum absolute atomic E-state index is 0.802. The SMILES string of the molecule is Cc1cc(CNCc2ccc(I)cc2)n[nH]1. The number of benzene rings is 1. The first-order valence-corrected chi connectivity index (χ1v) is 6.28. The molecule has 0 fully saturated rings. The van der Waals surface area contributed by atoms with E-state index in [1.807, 2.05) is 6.92 Å². The van der Waals surface area contributed by atoms with Gasteiger partial charge in [0.2, 0.25) is 0 Å². The van der Waals surface area contributed by atoms with E-state index in [1.165, 1.54) is 9.13 Å². The highest BCUT2D eigenvalue weighted by Gasteiger charge is 1.97. The Balaban J connectivity index is 1.82. The van der Waals surface area contributed by atoms with E-state index in [0.717, 1.165) is 24.5 Å². The molecule has 3 nitrogen and oxygen atoms in total. The number of aromatic amines is 1. The molecule has 2 aromatic rings. The second kappa shape index (κ2) is 5.45. The van der Waals surface area contributed by atoms with E-state index in [9.17, 15) is 0 Å². The van der Waals surface area contributed by atoms with Gasteiger partial charge in [-0.2, -0.15) is 5.10 Å². The van der Waals surface area contributed by atoms with Crippen LogP contribution in [-0.2, 0) is 13.1 Å². The third kappa shape index (κ3) is 3.31. The lowest BCUT2D eigenvalue weighted by Gasteiger charge is -2.02. The second-order valence-corrected chi connectivity index (χ2v) is 5.02. The maximum absolute atomic E-state index is 4.17. The lowest BCUT2D eigenvalue weighted by molar-refractivity contribution is 0.677. The van der Waals surface area contributed by atoms with Crippen LogP contribution in [0, 0.1) is 10.5 Å². The summed E-state index contributed by atoms with van der Waals surface area (Å²) in [6, 6.07) is 10.6. The van der Waals surface area contributed by atoms with Gasteiger partial charge >= 0.3 is 0 Å². The maximum atomic E-state index is 4.17. The van der Waals surface area contributed by atoms with E-state index in [4.69, 9.17) is 0 Å². The highest BCUT2D eigenvalue weighted by molar-refractivity contribution is 14.1. The minimum atomic E-state index is 0.802. The van der Waals surface area contributed by atoms with Gasteiger partial charge in [-0.3, -0.25) is 5.10 Å². The molecule has 1 aromatic carbocycles. The first-order chi connectivity index (χ1) is 7.74. The Bertz CT molecular complexity index is 448. The van der Waals surface area contributed by atoms with Gasteiger partial charge < -0.3 is 5.32 Å². The van der Waals surface area contributed by atoms with E-state index in [1.54, 1.807) is 0 Å². The first-order valence-electron chi connectivity index (χ1n) is 5.20. The Labute approximate surface area is 109 Å². The van der Waals surface area contributed by atoms with Gasteiger partial charge in [0.15, 0.2) is 0 Å². The van der Waals surface area contributed by atoms with Crippen LogP contribution >= 0.6 is 22.6 Å². The molecule has 0 saturated heterocycles. The summed E-state index contributed by atoms with van der Waals surface area (Å²) in [6.07, 6.45) is 0. The Morgan fingerprint density at radius 3 is 2.62 bits per heavy atom. The van der Waals surface area contributed by atoms with Crippen molar-refractivity contribution in [1.29, 1.82) is 0 Å². The third-order valence-electron chi connectivity index (χ3n) is 2.31. The maximum Gasteiger partial charge on any atom is 0.0762 e. The predicted molar refractivity (Wildman–Crippen MR) is 73.0 cm³/mol. The molecule has 2 N–H and O–H groups in total. The monoisotopic (exact) mass is 327 g/mol. The normalized spacial score (nSPS) is 10.6. The fourth-order valence-electron chi connectivity index (χ4n) is 1.50. The second-order valence-electron chi connectivity index (χ2n) is 3.77. The molecule has 0 saturated carbocycles. The summed E-state index contributed by atoms with van der Waals surface area (Å²) >= 11 is 2.31. The van der Waals surface area contributed by atoms with Crippen LogP contribution in [0.25, 0.3) is 0 Å². The van der Waals surface area contributed by atoms with Crippen LogP contribution in [-0.4, -0.2) is 10.2 Å². The molecule has 0 amide bonds. The molecule has 0 unspecified atom stereocenters. The molecule has 0 bridgehead atoms. The van der Waals surface area contributed by atoms with Gasteiger partial charge in [0.1, 0.15) is 0 Å². The van der Waals surface area contributed by atoms with Crippen molar-refractivity contribution in [2.45, 2.75) is 20.0 Å². The zero-order valence-corrected chi connectivity index (χ0v) is 11.3. The minimum Gasteiger partial charge on any atom is -0.307 e. The summed E-state index contributed by atoms with van der Waals surface area (Å²) < 4.78 is 1.27. The zero-order valence-electron chi connectivity index (χ0n) is 9.13. The van der Waals surface area contributed by atoms with Gasteiger partial charge in [0, 0.05) is 22.4 Å². The average Bonchev–Trinajstić information content (AvgIpc) is 2.67. The van der Waals surface area contributed by atoms with Crippen molar-refractivity contribution >= 4 is 22.6 Å². The summed E-state index contributed by atoms with van der Waals surface area (Å²) in [5, 5.41) is 10.5. The smallest absolute Gasteiger partial charge is 0.0762 e. The molecule has 0 atom stereocenters. The Kier molecular flexibility index (Phi) is 3.95. The van der Waals surface area contributed by atoms with Crippen molar-refractivity contribution in [3.63, 3.8) is 0 Å². The van der Waals surface area contributed by atoms with E-state index in [0.29, 0.717) is 0 Å². The number of nitrogens with zero attached hydrogens (tertiary/aromatic N) is 1. The van der Waals surface area contributed by atoms with Gasteiger partial charge in [-0.25, -0.2) is 0 Å².